The first-order chi connectivity index (χ1) is 8.49. The number of halogens is 1. The van der Waals surface area contributed by atoms with E-state index in [2.05, 4.69) is 21.2 Å². The number of nitrogens with one attached hydrogen (secondary N) is 1. The van der Waals surface area contributed by atoms with Crippen LogP contribution in [0.5, 0.6) is 0 Å². The van der Waals surface area contributed by atoms with E-state index in [1.807, 2.05) is 13.8 Å². The minimum atomic E-state index is -0.672. The van der Waals surface area contributed by atoms with Crippen molar-refractivity contribution in [3.05, 3.63) is 20.8 Å². The number of rotatable bonds is 7. The minimum absolute atomic E-state index is 0.181. The summed E-state index contributed by atoms with van der Waals surface area (Å²) in [6.45, 7) is 5.14. The Morgan fingerprint density at radius 1 is 1.56 bits per heavy atom. The number of carbonyl (C=O) groups is 1. The summed E-state index contributed by atoms with van der Waals surface area (Å²) in [6, 6.07) is 1.75. The van der Waals surface area contributed by atoms with Gasteiger partial charge in [0.15, 0.2) is 0 Å². The normalized spacial score (nSPS) is 12.7. The first kappa shape index (κ1) is 15.6. The van der Waals surface area contributed by atoms with Crippen molar-refractivity contribution in [3.63, 3.8) is 0 Å². The zero-order chi connectivity index (χ0) is 13.5. The molecule has 1 aromatic rings. The Labute approximate surface area is 119 Å². The number of hydrogen-bond donors (Lipinski definition) is 2. The Hall–Kier alpha value is -0.430. The molecule has 1 amide bonds. The van der Waals surface area contributed by atoms with Gasteiger partial charge in [-0.25, -0.2) is 0 Å². The summed E-state index contributed by atoms with van der Waals surface area (Å²) in [7, 11) is 0. The van der Waals surface area contributed by atoms with Crippen molar-refractivity contribution < 1.29 is 14.6 Å². The van der Waals surface area contributed by atoms with Gasteiger partial charge in [0.1, 0.15) is 0 Å². The molecule has 6 heteroatoms. The highest BCUT2D eigenvalue weighted by molar-refractivity contribution is 9.11. The van der Waals surface area contributed by atoms with Gasteiger partial charge in [-0.2, -0.15) is 0 Å². The van der Waals surface area contributed by atoms with Crippen molar-refractivity contribution in [2.45, 2.75) is 20.0 Å². The van der Waals surface area contributed by atoms with E-state index in [9.17, 15) is 9.90 Å². The summed E-state index contributed by atoms with van der Waals surface area (Å²) in [4.78, 5) is 11.7. The van der Waals surface area contributed by atoms with Crippen LogP contribution < -0.4 is 5.32 Å². The third-order valence-corrected chi connectivity index (χ3v) is 3.59. The molecule has 0 radical (unpaired) electrons. The Balaban J connectivity index is 2.22. The molecule has 1 atom stereocenters. The molecule has 2 N–H and O–H groups in total. The van der Waals surface area contributed by atoms with E-state index in [1.165, 1.54) is 11.3 Å². The summed E-state index contributed by atoms with van der Waals surface area (Å²) < 4.78 is 6.20. The monoisotopic (exact) mass is 335 g/mol. The Morgan fingerprint density at radius 3 is 2.83 bits per heavy atom. The van der Waals surface area contributed by atoms with Crippen LogP contribution in [0.4, 0.5) is 0 Å². The van der Waals surface area contributed by atoms with Crippen molar-refractivity contribution in [3.8, 4) is 0 Å². The first-order valence-corrected chi connectivity index (χ1v) is 7.44. The molecule has 102 valence electrons. The fourth-order valence-electron chi connectivity index (χ4n) is 1.24. The lowest BCUT2D eigenvalue weighted by Gasteiger charge is -2.13. The van der Waals surface area contributed by atoms with Crippen LogP contribution in [0.15, 0.2) is 15.2 Å². The van der Waals surface area contributed by atoms with E-state index in [1.54, 1.807) is 11.4 Å². The van der Waals surface area contributed by atoms with Crippen molar-refractivity contribution >= 4 is 33.2 Å². The second-order valence-corrected chi connectivity index (χ2v) is 6.73. The highest BCUT2D eigenvalue weighted by Gasteiger charge is 2.10. The molecule has 1 rings (SSSR count). The summed E-state index contributed by atoms with van der Waals surface area (Å²) in [5.41, 5.74) is 0.599. The number of carbonyl (C=O) groups excluding carboxylic acids is 1. The van der Waals surface area contributed by atoms with Crippen molar-refractivity contribution in [2.75, 3.05) is 19.8 Å². The van der Waals surface area contributed by atoms with Gasteiger partial charge in [-0.05, 0) is 27.9 Å². The zero-order valence-corrected chi connectivity index (χ0v) is 12.9. The highest BCUT2D eigenvalue weighted by Crippen LogP contribution is 2.20. The molecular formula is C12H18BrNO3S. The first-order valence-electron chi connectivity index (χ1n) is 5.77. The molecule has 1 heterocycles. The van der Waals surface area contributed by atoms with Gasteiger partial charge < -0.3 is 15.2 Å². The van der Waals surface area contributed by atoms with E-state index in [0.717, 1.165) is 3.79 Å². The number of aliphatic hydroxyl groups excluding tert-OH is 1. The Kier molecular flexibility index (Phi) is 6.85. The molecule has 0 saturated heterocycles. The van der Waals surface area contributed by atoms with Gasteiger partial charge in [-0.15, -0.1) is 11.3 Å². The quantitative estimate of drug-likeness (QED) is 0.803. The molecule has 0 saturated carbocycles. The minimum Gasteiger partial charge on any atom is -0.389 e. The fraction of sp³-hybridized carbons (Fsp3) is 0.583. The van der Waals surface area contributed by atoms with Gasteiger partial charge >= 0.3 is 0 Å². The molecule has 1 unspecified atom stereocenters. The smallest absolute Gasteiger partial charge is 0.252 e. The second kappa shape index (κ2) is 7.89. The molecule has 0 aliphatic carbocycles. The number of thiophene rings is 1. The maximum atomic E-state index is 11.7. The molecule has 1 aromatic heterocycles. The van der Waals surface area contributed by atoms with Crippen LogP contribution in [0, 0.1) is 5.92 Å². The maximum Gasteiger partial charge on any atom is 0.252 e. The van der Waals surface area contributed by atoms with Gasteiger partial charge in [0, 0.05) is 18.5 Å². The Morgan fingerprint density at radius 2 is 2.28 bits per heavy atom. The molecule has 18 heavy (non-hydrogen) atoms. The zero-order valence-electron chi connectivity index (χ0n) is 10.5. The maximum absolute atomic E-state index is 11.7. The van der Waals surface area contributed by atoms with Crippen LogP contribution in [0.25, 0.3) is 0 Å². The molecule has 0 bridgehead atoms. The summed E-state index contributed by atoms with van der Waals surface area (Å²) in [6.07, 6.45) is -0.672. The van der Waals surface area contributed by atoms with Gasteiger partial charge in [0.25, 0.3) is 5.91 Å². The molecule has 0 aliphatic heterocycles. The largest absolute Gasteiger partial charge is 0.389 e. The predicted octanol–water partition coefficient (Wildman–Crippen LogP) is 2.27. The number of ether oxygens (including phenoxy) is 1. The average Bonchev–Trinajstić information content (AvgIpc) is 2.72. The molecule has 0 fully saturated rings. The second-order valence-electron chi connectivity index (χ2n) is 4.43. The van der Waals surface area contributed by atoms with Crippen LogP contribution in [0.2, 0.25) is 0 Å². The van der Waals surface area contributed by atoms with Crippen molar-refractivity contribution in [1.29, 1.82) is 0 Å². The fourth-order valence-corrected chi connectivity index (χ4v) is 2.38. The number of aliphatic hydroxyl groups is 1. The van der Waals surface area contributed by atoms with E-state index < -0.39 is 6.10 Å². The van der Waals surface area contributed by atoms with E-state index >= 15 is 0 Å². The molecule has 0 aromatic carbocycles. The van der Waals surface area contributed by atoms with Crippen LogP contribution in [0.3, 0.4) is 0 Å². The van der Waals surface area contributed by atoms with Gasteiger partial charge in [0.05, 0.1) is 22.1 Å². The molecule has 0 aliphatic rings. The summed E-state index contributed by atoms with van der Waals surface area (Å²) >= 11 is 4.75. The lowest BCUT2D eigenvalue weighted by Crippen LogP contribution is -2.34. The van der Waals surface area contributed by atoms with Gasteiger partial charge in [0.2, 0.25) is 0 Å². The summed E-state index contributed by atoms with van der Waals surface area (Å²) in [5.74, 6) is 0.259. The summed E-state index contributed by atoms with van der Waals surface area (Å²) in [5, 5.41) is 14.0. The van der Waals surface area contributed by atoms with Crippen LogP contribution in [0.1, 0.15) is 24.2 Å². The van der Waals surface area contributed by atoms with Crippen LogP contribution in [-0.2, 0) is 4.74 Å². The topological polar surface area (TPSA) is 58.6 Å². The lowest BCUT2D eigenvalue weighted by molar-refractivity contribution is 0.0259. The van der Waals surface area contributed by atoms with Crippen LogP contribution >= 0.6 is 27.3 Å². The van der Waals surface area contributed by atoms with E-state index in [-0.39, 0.29) is 19.1 Å². The van der Waals surface area contributed by atoms with E-state index in [0.29, 0.717) is 18.1 Å². The van der Waals surface area contributed by atoms with E-state index in [4.69, 9.17) is 4.74 Å². The number of amides is 1. The highest BCUT2D eigenvalue weighted by atomic mass is 79.9. The van der Waals surface area contributed by atoms with Gasteiger partial charge in [-0.3, -0.25) is 4.79 Å². The predicted molar refractivity (Wildman–Crippen MR) is 76.0 cm³/mol. The molecular weight excluding hydrogens is 318 g/mol. The van der Waals surface area contributed by atoms with Gasteiger partial charge in [-0.1, -0.05) is 13.8 Å². The Bertz CT molecular complexity index is 381. The number of hydrogen-bond acceptors (Lipinski definition) is 4. The molecule has 4 nitrogen and oxygen atoms in total. The molecule has 0 spiro atoms. The van der Waals surface area contributed by atoms with Crippen molar-refractivity contribution in [2.24, 2.45) is 5.92 Å². The van der Waals surface area contributed by atoms with Crippen molar-refractivity contribution in [1.82, 2.24) is 5.32 Å². The average molecular weight is 336 g/mol. The standard InChI is InChI=1S/C12H18BrNO3S/c1-8(2)5-17-6-10(15)4-14-12(16)9-3-11(13)18-7-9/h3,7-8,10,15H,4-6H2,1-2H3,(H,14,16). The van der Waals surface area contributed by atoms with Crippen LogP contribution in [-0.4, -0.2) is 36.9 Å². The SMILES string of the molecule is CC(C)COCC(O)CNC(=O)c1csc(Br)c1. The lowest BCUT2D eigenvalue weighted by atomic mass is 10.2. The third-order valence-electron chi connectivity index (χ3n) is 2.09. The third kappa shape index (κ3) is 5.95.